The molecule has 1 saturated heterocycles. The molecule has 0 aromatic heterocycles. The van der Waals surface area contributed by atoms with Crippen LogP contribution in [0.15, 0.2) is 48.0 Å². The minimum Gasteiger partial charge on any atom is -0.490 e. The van der Waals surface area contributed by atoms with Crippen molar-refractivity contribution >= 4 is 17.9 Å². The third kappa shape index (κ3) is 4.55. The molecule has 0 bridgehead atoms. The van der Waals surface area contributed by atoms with Gasteiger partial charge in [0.05, 0.1) is 17.7 Å². The van der Waals surface area contributed by atoms with Gasteiger partial charge in [-0.2, -0.15) is 0 Å². The van der Waals surface area contributed by atoms with Crippen LogP contribution < -0.4 is 14.8 Å². The molecule has 2 aliphatic rings. The second-order valence-electron chi connectivity index (χ2n) is 7.59. The molecule has 6 nitrogen and oxygen atoms in total. The molecule has 7 heteroatoms. The van der Waals surface area contributed by atoms with Gasteiger partial charge in [0, 0.05) is 24.7 Å². The number of halogens is 1. The van der Waals surface area contributed by atoms with Gasteiger partial charge >= 0.3 is 0 Å². The van der Waals surface area contributed by atoms with Crippen LogP contribution in [-0.2, 0) is 4.79 Å². The van der Waals surface area contributed by atoms with E-state index in [1.165, 1.54) is 12.1 Å². The van der Waals surface area contributed by atoms with Gasteiger partial charge in [-0.15, -0.1) is 0 Å². The molecule has 2 aliphatic heterocycles. The molecule has 0 radical (unpaired) electrons. The van der Waals surface area contributed by atoms with E-state index in [4.69, 9.17) is 9.47 Å². The maximum atomic E-state index is 13.9. The molecule has 2 amide bonds. The average molecular weight is 424 g/mol. The Labute approximate surface area is 180 Å². The van der Waals surface area contributed by atoms with E-state index in [-0.39, 0.29) is 30.0 Å². The fraction of sp³-hybridized carbons (Fsp3) is 0.333. The van der Waals surface area contributed by atoms with Crippen molar-refractivity contribution in [2.24, 2.45) is 0 Å². The van der Waals surface area contributed by atoms with Crippen LogP contribution in [0.3, 0.4) is 0 Å². The standard InChI is InChI=1S/C24H25FN2O4/c1-2-30-21-9-5-6-16-14-17(15-31-22(16)21)23(28)26-18-10-12-27(13-11-18)24(29)19-7-3-4-8-20(19)25/h3-9,14,18H,2,10-13,15H2,1H3,(H,26,28). The molecule has 0 spiro atoms. The number of carbonyl (C=O) groups is 2. The van der Waals surface area contributed by atoms with Crippen molar-refractivity contribution in [1.82, 2.24) is 10.2 Å². The normalized spacial score (nSPS) is 16.1. The fourth-order valence-corrected chi connectivity index (χ4v) is 3.89. The summed E-state index contributed by atoms with van der Waals surface area (Å²) in [6, 6.07) is 11.5. The molecular weight excluding hydrogens is 399 g/mol. The SMILES string of the molecule is CCOc1cccc2c1OCC(C(=O)NC1CCN(C(=O)c3ccccc3F)CC1)=C2. The number of amides is 2. The molecule has 0 unspecified atom stereocenters. The van der Waals surface area contributed by atoms with E-state index in [1.807, 2.05) is 31.2 Å². The summed E-state index contributed by atoms with van der Waals surface area (Å²) < 4.78 is 25.3. The number of hydrogen-bond donors (Lipinski definition) is 1. The summed E-state index contributed by atoms with van der Waals surface area (Å²) in [5.41, 5.74) is 1.44. The Balaban J connectivity index is 1.35. The van der Waals surface area contributed by atoms with E-state index in [9.17, 15) is 14.0 Å². The summed E-state index contributed by atoms with van der Waals surface area (Å²) >= 11 is 0. The number of nitrogens with zero attached hydrogens (tertiary/aromatic N) is 1. The highest BCUT2D eigenvalue weighted by Gasteiger charge is 2.27. The van der Waals surface area contributed by atoms with E-state index in [1.54, 1.807) is 17.0 Å². The zero-order valence-corrected chi connectivity index (χ0v) is 17.4. The van der Waals surface area contributed by atoms with Crippen molar-refractivity contribution < 1.29 is 23.5 Å². The lowest BCUT2D eigenvalue weighted by Gasteiger charge is -2.33. The minimum atomic E-state index is -0.514. The first kappa shape index (κ1) is 20.9. The number of likely N-dealkylation sites (tertiary alicyclic amines) is 1. The lowest BCUT2D eigenvalue weighted by molar-refractivity contribution is -0.118. The van der Waals surface area contributed by atoms with Gasteiger partial charge in [0.2, 0.25) is 0 Å². The van der Waals surface area contributed by atoms with Crippen molar-refractivity contribution in [2.75, 3.05) is 26.3 Å². The summed E-state index contributed by atoms with van der Waals surface area (Å²) in [5, 5.41) is 3.04. The van der Waals surface area contributed by atoms with Gasteiger partial charge in [0.1, 0.15) is 12.4 Å². The first-order chi connectivity index (χ1) is 15.1. The van der Waals surface area contributed by atoms with Crippen LogP contribution in [0.25, 0.3) is 6.08 Å². The van der Waals surface area contributed by atoms with Gasteiger partial charge in [0.25, 0.3) is 11.8 Å². The highest BCUT2D eigenvalue weighted by Crippen LogP contribution is 2.35. The third-order valence-corrected chi connectivity index (χ3v) is 5.52. The molecular formula is C24H25FN2O4. The van der Waals surface area contributed by atoms with E-state index < -0.39 is 5.82 Å². The van der Waals surface area contributed by atoms with Crippen LogP contribution in [0, 0.1) is 5.82 Å². The number of rotatable bonds is 5. The van der Waals surface area contributed by atoms with Crippen molar-refractivity contribution in [3.05, 3.63) is 65.0 Å². The number of para-hydroxylation sites is 1. The highest BCUT2D eigenvalue weighted by molar-refractivity contribution is 5.99. The number of carbonyl (C=O) groups excluding carboxylic acids is 2. The fourth-order valence-electron chi connectivity index (χ4n) is 3.89. The molecule has 31 heavy (non-hydrogen) atoms. The summed E-state index contributed by atoms with van der Waals surface area (Å²) in [6.07, 6.45) is 3.06. The molecule has 2 aromatic carbocycles. The molecule has 1 N–H and O–H groups in total. The van der Waals surface area contributed by atoms with Crippen molar-refractivity contribution in [2.45, 2.75) is 25.8 Å². The lowest BCUT2D eigenvalue weighted by atomic mass is 10.0. The highest BCUT2D eigenvalue weighted by atomic mass is 19.1. The van der Waals surface area contributed by atoms with Crippen LogP contribution >= 0.6 is 0 Å². The van der Waals surface area contributed by atoms with Gasteiger partial charge in [-0.3, -0.25) is 9.59 Å². The Kier molecular flexibility index (Phi) is 6.21. The molecule has 1 fully saturated rings. The Hall–Kier alpha value is -3.35. The average Bonchev–Trinajstić information content (AvgIpc) is 2.79. The summed E-state index contributed by atoms with van der Waals surface area (Å²) in [7, 11) is 0. The van der Waals surface area contributed by atoms with Crippen LogP contribution in [0.2, 0.25) is 0 Å². The predicted molar refractivity (Wildman–Crippen MR) is 115 cm³/mol. The van der Waals surface area contributed by atoms with E-state index in [2.05, 4.69) is 5.32 Å². The maximum absolute atomic E-state index is 13.9. The molecule has 162 valence electrons. The predicted octanol–water partition coefficient (Wildman–Crippen LogP) is 3.42. The largest absolute Gasteiger partial charge is 0.490 e. The molecule has 2 aromatic rings. The summed E-state index contributed by atoms with van der Waals surface area (Å²) in [4.78, 5) is 26.9. The Morgan fingerprint density at radius 3 is 2.68 bits per heavy atom. The molecule has 2 heterocycles. The van der Waals surface area contributed by atoms with E-state index in [0.717, 1.165) is 5.56 Å². The van der Waals surface area contributed by atoms with Crippen LogP contribution in [0.5, 0.6) is 11.5 Å². The number of ether oxygens (including phenoxy) is 2. The third-order valence-electron chi connectivity index (χ3n) is 5.52. The number of piperidine rings is 1. The number of fused-ring (bicyclic) bond motifs is 1. The van der Waals surface area contributed by atoms with E-state index >= 15 is 0 Å². The summed E-state index contributed by atoms with van der Waals surface area (Å²) in [6.45, 7) is 3.55. The zero-order valence-electron chi connectivity index (χ0n) is 17.4. The molecule has 0 aliphatic carbocycles. The van der Waals surface area contributed by atoms with Crippen LogP contribution in [-0.4, -0.2) is 49.1 Å². The number of hydrogen-bond acceptors (Lipinski definition) is 4. The van der Waals surface area contributed by atoms with Crippen molar-refractivity contribution in [3.8, 4) is 11.5 Å². The number of benzene rings is 2. The quantitative estimate of drug-likeness (QED) is 0.799. The molecule has 0 saturated carbocycles. The lowest BCUT2D eigenvalue weighted by Crippen LogP contribution is -2.47. The van der Waals surface area contributed by atoms with Crippen LogP contribution in [0.4, 0.5) is 4.39 Å². The Bertz CT molecular complexity index is 1010. The number of nitrogens with one attached hydrogen (secondary N) is 1. The first-order valence-electron chi connectivity index (χ1n) is 10.5. The van der Waals surface area contributed by atoms with Crippen molar-refractivity contribution in [1.29, 1.82) is 0 Å². The topological polar surface area (TPSA) is 67.9 Å². The second kappa shape index (κ2) is 9.20. The van der Waals surface area contributed by atoms with Gasteiger partial charge in [-0.1, -0.05) is 24.3 Å². The van der Waals surface area contributed by atoms with E-state index in [0.29, 0.717) is 49.6 Å². The van der Waals surface area contributed by atoms with Crippen molar-refractivity contribution in [3.63, 3.8) is 0 Å². The first-order valence-corrected chi connectivity index (χ1v) is 10.5. The van der Waals surface area contributed by atoms with Gasteiger partial charge < -0.3 is 19.7 Å². The Morgan fingerprint density at radius 2 is 1.94 bits per heavy atom. The Morgan fingerprint density at radius 1 is 1.16 bits per heavy atom. The van der Waals surface area contributed by atoms with Gasteiger partial charge in [-0.05, 0) is 44.0 Å². The zero-order chi connectivity index (χ0) is 21.8. The van der Waals surface area contributed by atoms with Gasteiger partial charge in [-0.25, -0.2) is 4.39 Å². The minimum absolute atomic E-state index is 0.0470. The summed E-state index contributed by atoms with van der Waals surface area (Å²) in [5.74, 6) is 0.322. The second-order valence-corrected chi connectivity index (χ2v) is 7.59. The molecule has 4 rings (SSSR count). The monoisotopic (exact) mass is 424 g/mol. The van der Waals surface area contributed by atoms with Gasteiger partial charge in [0.15, 0.2) is 11.5 Å². The van der Waals surface area contributed by atoms with Crippen LogP contribution in [0.1, 0.15) is 35.7 Å². The smallest absolute Gasteiger partial charge is 0.256 e. The molecule has 0 atom stereocenters. The maximum Gasteiger partial charge on any atom is 0.256 e.